The Bertz CT molecular complexity index is 1070. The van der Waals surface area contributed by atoms with Crippen LogP contribution in [0, 0.1) is 0 Å². The van der Waals surface area contributed by atoms with Crippen molar-refractivity contribution < 1.29 is 52.4 Å². The number of fused-ring (bicyclic) bond motifs is 1. The van der Waals surface area contributed by atoms with Crippen LogP contribution >= 0.6 is 0 Å². The first-order valence-electron chi connectivity index (χ1n) is 7.15. The molecule has 0 spiro atoms. The van der Waals surface area contributed by atoms with Crippen LogP contribution in [0.2, 0.25) is 0 Å². The number of ether oxygens (including phenoxy) is 1. The second-order valence-corrected chi connectivity index (χ2v) is 6.59. The molecule has 3 aromatic carbocycles. The Morgan fingerprint density at radius 1 is 1.00 bits per heavy atom. The number of rotatable bonds is 4. The van der Waals surface area contributed by atoms with Gasteiger partial charge in [-0.15, -0.1) is 0 Å². The van der Waals surface area contributed by atoms with Crippen molar-refractivity contribution in [3.63, 3.8) is 0 Å². The first-order chi connectivity index (χ1) is 11.9. The van der Waals surface area contributed by atoms with E-state index in [2.05, 4.69) is 10.2 Å². The molecule has 1 N–H and O–H groups in total. The minimum Gasteiger partial charge on any atom is -0.871 e. The predicted molar refractivity (Wildman–Crippen MR) is 90.4 cm³/mol. The molecule has 0 fully saturated rings. The molecule has 9 heteroatoms. The van der Waals surface area contributed by atoms with Gasteiger partial charge in [0.25, 0.3) is 10.1 Å². The molecular formula is C17H13N2NaO5S. The fourth-order valence-electron chi connectivity index (χ4n) is 2.29. The third-order valence-corrected chi connectivity index (χ3v) is 4.41. The summed E-state index contributed by atoms with van der Waals surface area (Å²) in [6.45, 7) is 0. The van der Waals surface area contributed by atoms with Gasteiger partial charge in [-0.1, -0.05) is 23.9 Å². The smallest absolute Gasteiger partial charge is 0.871 e. The van der Waals surface area contributed by atoms with Crippen molar-refractivity contribution in [2.45, 2.75) is 4.90 Å². The third-order valence-electron chi connectivity index (χ3n) is 3.56. The average Bonchev–Trinajstić information content (AvgIpc) is 2.60. The van der Waals surface area contributed by atoms with Gasteiger partial charge in [-0.05, 0) is 41.8 Å². The maximum absolute atomic E-state index is 12.1. The monoisotopic (exact) mass is 380 g/mol. The fourth-order valence-corrected chi connectivity index (χ4v) is 2.81. The molecule has 0 saturated heterocycles. The zero-order valence-corrected chi connectivity index (χ0v) is 16.9. The summed E-state index contributed by atoms with van der Waals surface area (Å²) in [5, 5.41) is 21.0. The quantitative estimate of drug-likeness (QED) is 0.404. The first-order valence-corrected chi connectivity index (χ1v) is 8.59. The van der Waals surface area contributed by atoms with E-state index in [1.807, 2.05) is 0 Å². The Labute approximate surface area is 172 Å². The molecule has 0 unspecified atom stereocenters. The van der Waals surface area contributed by atoms with Crippen molar-refractivity contribution in [1.29, 1.82) is 0 Å². The molecule has 0 aliphatic heterocycles. The molecular weight excluding hydrogens is 367 g/mol. The van der Waals surface area contributed by atoms with Crippen LogP contribution in [0.25, 0.3) is 10.8 Å². The van der Waals surface area contributed by atoms with Crippen molar-refractivity contribution in [3.05, 3.63) is 54.6 Å². The van der Waals surface area contributed by atoms with Crippen molar-refractivity contribution in [2.24, 2.45) is 10.2 Å². The molecule has 0 atom stereocenters. The van der Waals surface area contributed by atoms with Crippen LogP contribution in [-0.2, 0) is 10.1 Å². The molecule has 0 aromatic heterocycles. The van der Waals surface area contributed by atoms with Gasteiger partial charge in [0.05, 0.1) is 23.4 Å². The molecule has 3 aromatic rings. The van der Waals surface area contributed by atoms with Crippen molar-refractivity contribution in [1.82, 2.24) is 0 Å². The van der Waals surface area contributed by atoms with E-state index in [9.17, 15) is 13.5 Å². The summed E-state index contributed by atoms with van der Waals surface area (Å²) in [7, 11) is -2.77. The standard InChI is InChI=1S/C17H14N2O5S.Na/c1-24-13-5-3-12(4-6-13)18-19-17-15-8-7-14(25(21,22)23)10-11(15)2-9-16(17)20;/h2-10,20H,1H3,(H,21,22,23);/q;+1/p-1. The van der Waals surface area contributed by atoms with Gasteiger partial charge in [0.15, 0.2) is 0 Å². The Hall–Kier alpha value is -1.97. The van der Waals surface area contributed by atoms with E-state index >= 15 is 0 Å². The molecule has 0 heterocycles. The van der Waals surface area contributed by atoms with E-state index < -0.39 is 10.1 Å². The zero-order chi connectivity index (χ0) is 18.0. The summed E-state index contributed by atoms with van der Waals surface area (Å²) in [6.07, 6.45) is 0. The molecule has 0 radical (unpaired) electrons. The second-order valence-electron chi connectivity index (χ2n) is 5.17. The number of hydrogen-bond donors (Lipinski definition) is 1. The normalized spacial score (nSPS) is 11.5. The summed E-state index contributed by atoms with van der Waals surface area (Å²) in [6, 6.07) is 13.5. The Kier molecular flexibility index (Phi) is 6.38. The van der Waals surface area contributed by atoms with Gasteiger partial charge in [-0.2, -0.15) is 18.6 Å². The van der Waals surface area contributed by atoms with E-state index in [0.29, 0.717) is 22.2 Å². The van der Waals surface area contributed by atoms with Gasteiger partial charge in [0.1, 0.15) is 5.75 Å². The van der Waals surface area contributed by atoms with Gasteiger partial charge in [-0.3, -0.25) is 4.55 Å². The molecule has 0 aliphatic carbocycles. The predicted octanol–water partition coefficient (Wildman–Crippen LogP) is 0.588. The van der Waals surface area contributed by atoms with E-state index in [1.54, 1.807) is 31.4 Å². The minimum atomic E-state index is -4.32. The van der Waals surface area contributed by atoms with Crippen LogP contribution in [0.4, 0.5) is 11.4 Å². The molecule has 7 nitrogen and oxygen atoms in total. The molecule has 0 saturated carbocycles. The Balaban J connectivity index is 0.00000243. The second kappa shape index (κ2) is 8.15. The minimum absolute atomic E-state index is 0. The van der Waals surface area contributed by atoms with E-state index in [-0.39, 0.29) is 45.9 Å². The van der Waals surface area contributed by atoms with Crippen LogP contribution < -0.4 is 39.4 Å². The summed E-state index contributed by atoms with van der Waals surface area (Å²) >= 11 is 0. The van der Waals surface area contributed by atoms with Crippen molar-refractivity contribution in [2.75, 3.05) is 7.11 Å². The topological polar surface area (TPSA) is 111 Å². The number of azo groups is 1. The molecule has 0 aliphatic rings. The van der Waals surface area contributed by atoms with Crippen LogP contribution in [0.3, 0.4) is 0 Å². The van der Waals surface area contributed by atoms with Crippen molar-refractivity contribution >= 4 is 32.3 Å². The Morgan fingerprint density at radius 3 is 2.31 bits per heavy atom. The largest absolute Gasteiger partial charge is 1.00 e. The van der Waals surface area contributed by atoms with Gasteiger partial charge in [0, 0.05) is 5.39 Å². The third kappa shape index (κ3) is 4.40. The molecule has 0 amide bonds. The number of nitrogens with zero attached hydrogens (tertiary/aromatic N) is 2. The molecule has 0 bridgehead atoms. The number of hydrogen-bond acceptors (Lipinski definition) is 6. The molecule has 3 rings (SSSR count). The van der Waals surface area contributed by atoms with Gasteiger partial charge >= 0.3 is 29.6 Å². The van der Waals surface area contributed by atoms with E-state index in [4.69, 9.17) is 9.29 Å². The summed E-state index contributed by atoms with van der Waals surface area (Å²) in [5.41, 5.74) is 0.627. The number of methoxy groups -OCH3 is 1. The maximum atomic E-state index is 12.1. The summed E-state index contributed by atoms with van der Waals surface area (Å²) in [4.78, 5) is -0.253. The molecule has 128 valence electrons. The fraction of sp³-hybridized carbons (Fsp3) is 0.0588. The first kappa shape index (κ1) is 20.3. The zero-order valence-electron chi connectivity index (χ0n) is 14.1. The van der Waals surface area contributed by atoms with Crippen LogP contribution in [0.5, 0.6) is 11.5 Å². The SMILES string of the molecule is COc1ccc(N=Nc2c([O-])ccc3cc(S(=O)(=O)O)ccc23)cc1.[Na+]. The van der Waals surface area contributed by atoms with Crippen LogP contribution in [0.15, 0.2) is 69.7 Å². The van der Waals surface area contributed by atoms with Crippen LogP contribution in [0.1, 0.15) is 0 Å². The van der Waals surface area contributed by atoms with Gasteiger partial charge < -0.3 is 9.84 Å². The number of benzene rings is 3. The Morgan fingerprint density at radius 2 is 1.69 bits per heavy atom. The average molecular weight is 380 g/mol. The van der Waals surface area contributed by atoms with Crippen LogP contribution in [-0.4, -0.2) is 20.1 Å². The van der Waals surface area contributed by atoms with Gasteiger partial charge in [0.2, 0.25) is 0 Å². The summed E-state index contributed by atoms with van der Waals surface area (Å²) < 4.78 is 36.6. The summed E-state index contributed by atoms with van der Waals surface area (Å²) in [5.74, 6) is 0.329. The maximum Gasteiger partial charge on any atom is 1.00 e. The van der Waals surface area contributed by atoms with E-state index in [1.165, 1.54) is 30.3 Å². The van der Waals surface area contributed by atoms with E-state index in [0.717, 1.165) is 0 Å². The molecule has 26 heavy (non-hydrogen) atoms. The van der Waals surface area contributed by atoms with Gasteiger partial charge in [-0.25, -0.2) is 0 Å². The van der Waals surface area contributed by atoms with Crippen molar-refractivity contribution in [3.8, 4) is 11.5 Å².